The van der Waals surface area contributed by atoms with Crippen molar-refractivity contribution >= 4 is 23.2 Å². The van der Waals surface area contributed by atoms with Crippen molar-refractivity contribution in [2.45, 2.75) is 0 Å². The summed E-state index contributed by atoms with van der Waals surface area (Å²) in [6.45, 7) is 0. The van der Waals surface area contributed by atoms with E-state index < -0.39 is 0 Å². The lowest BCUT2D eigenvalue weighted by molar-refractivity contribution is 0.396. The van der Waals surface area contributed by atoms with Gasteiger partial charge in [-0.15, -0.1) is 0 Å². The first kappa shape index (κ1) is 14.5. The molecule has 0 aliphatic rings. The van der Waals surface area contributed by atoms with Crippen LogP contribution in [0.1, 0.15) is 0 Å². The Labute approximate surface area is 131 Å². The van der Waals surface area contributed by atoms with E-state index in [4.69, 9.17) is 26.1 Å². The molecule has 112 valence electrons. The molecule has 0 atom stereocenters. The molecule has 1 heterocycles. The first-order chi connectivity index (χ1) is 10.6. The Kier molecular flexibility index (Phi) is 3.81. The zero-order chi connectivity index (χ0) is 15.7. The number of methoxy groups -OCH3 is 2. The molecule has 3 rings (SSSR count). The first-order valence-electron chi connectivity index (χ1n) is 6.58. The Bertz CT molecular complexity index is 885. The number of benzene rings is 2. The summed E-state index contributed by atoms with van der Waals surface area (Å²) in [6.07, 6.45) is 0. The molecule has 0 aliphatic heterocycles. The zero-order valence-electron chi connectivity index (χ0n) is 12.1. The van der Waals surface area contributed by atoms with E-state index in [-0.39, 0.29) is 5.82 Å². The molecular formula is C17H13FO3S. The van der Waals surface area contributed by atoms with Gasteiger partial charge in [-0.2, -0.15) is 0 Å². The lowest BCUT2D eigenvalue weighted by Crippen LogP contribution is -1.90. The van der Waals surface area contributed by atoms with Gasteiger partial charge in [0.25, 0.3) is 0 Å². The molecule has 0 spiro atoms. The van der Waals surface area contributed by atoms with Gasteiger partial charge < -0.3 is 13.9 Å². The Morgan fingerprint density at radius 3 is 2.36 bits per heavy atom. The molecule has 0 aliphatic carbocycles. The van der Waals surface area contributed by atoms with Crippen molar-refractivity contribution in [1.29, 1.82) is 0 Å². The fourth-order valence-corrected chi connectivity index (χ4v) is 2.57. The van der Waals surface area contributed by atoms with Crippen molar-refractivity contribution in [2.24, 2.45) is 0 Å². The molecule has 0 saturated carbocycles. The van der Waals surface area contributed by atoms with Crippen molar-refractivity contribution in [3.05, 3.63) is 52.8 Å². The average Bonchev–Trinajstić information content (AvgIpc) is 2.54. The Hall–Kier alpha value is -2.40. The molecule has 0 saturated heterocycles. The minimum atomic E-state index is -0.300. The van der Waals surface area contributed by atoms with Crippen LogP contribution in [0.3, 0.4) is 0 Å². The van der Waals surface area contributed by atoms with E-state index in [9.17, 15) is 4.39 Å². The molecule has 0 bridgehead atoms. The minimum Gasteiger partial charge on any atom is -0.496 e. The minimum absolute atomic E-state index is 0.300. The van der Waals surface area contributed by atoms with Crippen LogP contribution in [0.4, 0.5) is 4.39 Å². The summed E-state index contributed by atoms with van der Waals surface area (Å²) in [4.78, 5) is 0. The second-order valence-electron chi connectivity index (χ2n) is 4.68. The molecule has 5 heteroatoms. The van der Waals surface area contributed by atoms with Crippen molar-refractivity contribution in [1.82, 2.24) is 0 Å². The summed E-state index contributed by atoms with van der Waals surface area (Å²) in [5.41, 5.74) is 1.30. The number of hydrogen-bond donors (Lipinski definition) is 0. The van der Waals surface area contributed by atoms with Crippen molar-refractivity contribution < 1.29 is 18.3 Å². The molecule has 0 N–H and O–H groups in total. The van der Waals surface area contributed by atoms with Crippen molar-refractivity contribution in [3.63, 3.8) is 0 Å². The molecule has 3 nitrogen and oxygen atoms in total. The van der Waals surface area contributed by atoms with Gasteiger partial charge in [-0.25, -0.2) is 4.39 Å². The fraction of sp³-hybridized carbons (Fsp3) is 0.118. The quantitative estimate of drug-likeness (QED) is 0.637. The van der Waals surface area contributed by atoms with Gasteiger partial charge in [0, 0.05) is 23.8 Å². The molecule has 0 unspecified atom stereocenters. The van der Waals surface area contributed by atoms with E-state index >= 15 is 0 Å². The number of ether oxygens (including phenoxy) is 2. The number of hydrogen-bond acceptors (Lipinski definition) is 4. The third-order valence-electron chi connectivity index (χ3n) is 3.35. The van der Waals surface area contributed by atoms with Crippen LogP contribution in [0, 0.1) is 10.3 Å². The van der Waals surface area contributed by atoms with Gasteiger partial charge in [-0.1, -0.05) is 12.2 Å². The lowest BCUT2D eigenvalue weighted by atomic mass is 10.1. The number of halogens is 1. The molecule has 0 amide bonds. The largest absolute Gasteiger partial charge is 0.496 e. The Morgan fingerprint density at radius 1 is 1.00 bits per heavy atom. The maximum Gasteiger partial charge on any atom is 0.143 e. The summed E-state index contributed by atoms with van der Waals surface area (Å²) in [5.74, 6) is 1.46. The summed E-state index contributed by atoms with van der Waals surface area (Å²) in [6, 6.07) is 11.3. The highest BCUT2D eigenvalue weighted by Gasteiger charge is 2.11. The predicted octanol–water partition coefficient (Wildman–Crippen LogP) is 4.99. The van der Waals surface area contributed by atoms with E-state index in [0.717, 1.165) is 5.56 Å². The van der Waals surface area contributed by atoms with Crippen LogP contribution in [0.25, 0.3) is 22.3 Å². The number of fused-ring (bicyclic) bond motifs is 1. The van der Waals surface area contributed by atoms with Gasteiger partial charge in [-0.05, 0) is 24.3 Å². The van der Waals surface area contributed by atoms with Crippen molar-refractivity contribution in [3.8, 4) is 22.8 Å². The van der Waals surface area contributed by atoms with Crippen LogP contribution < -0.4 is 9.47 Å². The molecule has 0 radical (unpaired) electrons. The number of rotatable bonds is 3. The molecule has 22 heavy (non-hydrogen) atoms. The maximum atomic E-state index is 13.0. The van der Waals surface area contributed by atoms with E-state index in [1.807, 2.05) is 0 Å². The van der Waals surface area contributed by atoms with Crippen LogP contribution in [-0.2, 0) is 0 Å². The van der Waals surface area contributed by atoms with E-state index in [0.29, 0.717) is 32.7 Å². The predicted molar refractivity (Wildman–Crippen MR) is 85.5 cm³/mol. The van der Waals surface area contributed by atoms with Gasteiger partial charge >= 0.3 is 0 Å². The highest BCUT2D eigenvalue weighted by atomic mass is 32.1. The summed E-state index contributed by atoms with van der Waals surface area (Å²) in [5, 5.41) is 0.712. The van der Waals surface area contributed by atoms with Crippen LogP contribution in [-0.4, -0.2) is 14.2 Å². The normalized spacial score (nSPS) is 10.7. The summed E-state index contributed by atoms with van der Waals surface area (Å²) < 4.78 is 30.1. The highest BCUT2D eigenvalue weighted by molar-refractivity contribution is 7.71. The van der Waals surface area contributed by atoms with Gasteiger partial charge in [0.2, 0.25) is 0 Å². The van der Waals surface area contributed by atoms with Crippen molar-refractivity contribution in [2.75, 3.05) is 14.2 Å². The molecule has 0 fully saturated rings. The Morgan fingerprint density at radius 2 is 1.73 bits per heavy atom. The van der Waals surface area contributed by atoms with Crippen LogP contribution in [0.15, 0.2) is 46.9 Å². The van der Waals surface area contributed by atoms with Gasteiger partial charge in [0.15, 0.2) is 0 Å². The van der Waals surface area contributed by atoms with E-state index in [2.05, 4.69) is 0 Å². The summed E-state index contributed by atoms with van der Waals surface area (Å²) in [7, 11) is 3.13. The van der Waals surface area contributed by atoms with Gasteiger partial charge in [-0.3, -0.25) is 0 Å². The van der Waals surface area contributed by atoms with Crippen LogP contribution >= 0.6 is 12.2 Å². The molecule has 2 aromatic carbocycles. The van der Waals surface area contributed by atoms with E-state index in [1.165, 1.54) is 12.1 Å². The SMILES string of the molecule is COc1cc(OC)c2c(=S)cc(-c3ccc(F)cc3)oc2c1. The lowest BCUT2D eigenvalue weighted by Gasteiger charge is -2.10. The second kappa shape index (κ2) is 5.77. The molecule has 3 aromatic rings. The molecule has 1 aromatic heterocycles. The molecular weight excluding hydrogens is 303 g/mol. The second-order valence-corrected chi connectivity index (χ2v) is 5.12. The van der Waals surface area contributed by atoms with Gasteiger partial charge in [0.1, 0.15) is 28.7 Å². The third-order valence-corrected chi connectivity index (χ3v) is 3.67. The zero-order valence-corrected chi connectivity index (χ0v) is 12.9. The fourth-order valence-electron chi connectivity index (χ4n) is 2.26. The van der Waals surface area contributed by atoms with E-state index in [1.54, 1.807) is 44.6 Å². The highest BCUT2D eigenvalue weighted by Crippen LogP contribution is 2.35. The first-order valence-corrected chi connectivity index (χ1v) is 6.99. The maximum absolute atomic E-state index is 13.0. The standard InChI is InChI=1S/C17H13FO3S/c1-19-12-7-14(20-2)17-15(8-12)21-13(9-16(17)22)10-3-5-11(18)6-4-10/h3-9H,1-2H3. The third kappa shape index (κ3) is 2.55. The average molecular weight is 316 g/mol. The monoisotopic (exact) mass is 316 g/mol. The summed E-state index contributed by atoms with van der Waals surface area (Å²) >= 11 is 5.45. The van der Waals surface area contributed by atoms with Gasteiger partial charge in [0.05, 0.1) is 24.1 Å². The Balaban J connectivity index is 2.27. The smallest absolute Gasteiger partial charge is 0.143 e. The topological polar surface area (TPSA) is 31.6 Å². The van der Waals surface area contributed by atoms with Crippen LogP contribution in [0.5, 0.6) is 11.5 Å². The van der Waals surface area contributed by atoms with Crippen LogP contribution in [0.2, 0.25) is 0 Å².